The van der Waals surface area contributed by atoms with Crippen molar-refractivity contribution in [3.8, 4) is 0 Å². The molecule has 7 nitrogen and oxygen atoms in total. The average Bonchev–Trinajstić information content (AvgIpc) is 2.20. The highest BCUT2D eigenvalue weighted by molar-refractivity contribution is 5.87. The molecule has 0 unspecified atom stereocenters. The maximum absolute atomic E-state index is 11.4. The summed E-state index contributed by atoms with van der Waals surface area (Å²) in [6.45, 7) is 0.513. The van der Waals surface area contributed by atoms with Gasteiger partial charge in [0.1, 0.15) is 6.04 Å². The lowest BCUT2D eigenvalue weighted by Gasteiger charge is -2.25. The summed E-state index contributed by atoms with van der Waals surface area (Å²) < 4.78 is 0. The first-order valence-corrected chi connectivity index (χ1v) is 6.04. The number of urea groups is 1. The molecule has 3 amide bonds. The van der Waals surface area contributed by atoms with Crippen LogP contribution in [0, 0.1) is 5.92 Å². The molecule has 1 aliphatic rings. The van der Waals surface area contributed by atoms with Crippen LogP contribution >= 0.6 is 0 Å². The van der Waals surface area contributed by atoms with E-state index in [1.165, 1.54) is 19.3 Å². The predicted molar refractivity (Wildman–Crippen MR) is 63.7 cm³/mol. The number of amides is 3. The Hall–Kier alpha value is -1.79. The second-order valence-corrected chi connectivity index (χ2v) is 4.55. The van der Waals surface area contributed by atoms with E-state index in [-0.39, 0.29) is 0 Å². The molecule has 0 heterocycles. The molecule has 1 rings (SSSR count). The predicted octanol–water partition coefficient (Wildman–Crippen LogP) is -0.196. The molecule has 0 spiro atoms. The smallest absolute Gasteiger partial charge is 0.326 e. The van der Waals surface area contributed by atoms with E-state index in [0.29, 0.717) is 12.5 Å². The Kier molecular flexibility index (Phi) is 5.41. The summed E-state index contributed by atoms with van der Waals surface area (Å²) >= 11 is 0. The zero-order chi connectivity index (χ0) is 13.5. The third kappa shape index (κ3) is 5.03. The first-order chi connectivity index (χ1) is 8.49. The van der Waals surface area contributed by atoms with Crippen LogP contribution in [0.3, 0.4) is 0 Å². The minimum Gasteiger partial charge on any atom is -0.480 e. The third-order valence-electron chi connectivity index (χ3n) is 3.07. The number of rotatable bonds is 7. The van der Waals surface area contributed by atoms with E-state index in [1.807, 2.05) is 0 Å². The van der Waals surface area contributed by atoms with E-state index < -0.39 is 30.4 Å². The van der Waals surface area contributed by atoms with E-state index in [1.54, 1.807) is 0 Å². The van der Waals surface area contributed by atoms with Gasteiger partial charge in [0, 0.05) is 6.54 Å². The Balaban J connectivity index is 2.22. The Morgan fingerprint density at radius 3 is 2.44 bits per heavy atom. The standard InChI is InChI=1S/C11H19N3O4/c12-9(15)6-8(10(16)17)14-11(18)13-5-4-7-2-1-3-7/h7-8H,1-6H2,(H2,12,15)(H,16,17)(H2,13,14,18)/t8-/m1/s1. The zero-order valence-electron chi connectivity index (χ0n) is 10.1. The number of carboxylic acids is 1. The van der Waals surface area contributed by atoms with E-state index >= 15 is 0 Å². The van der Waals surface area contributed by atoms with Crippen LogP contribution in [0.5, 0.6) is 0 Å². The number of aliphatic carboxylic acids is 1. The molecule has 0 saturated heterocycles. The average molecular weight is 257 g/mol. The number of carbonyl (C=O) groups excluding carboxylic acids is 2. The summed E-state index contributed by atoms with van der Waals surface area (Å²) in [5.41, 5.74) is 4.90. The van der Waals surface area contributed by atoms with Gasteiger partial charge >= 0.3 is 12.0 Å². The summed E-state index contributed by atoms with van der Waals surface area (Å²) in [4.78, 5) is 32.8. The van der Waals surface area contributed by atoms with Crippen molar-refractivity contribution >= 4 is 17.9 Å². The van der Waals surface area contributed by atoms with Gasteiger partial charge in [-0.1, -0.05) is 19.3 Å². The van der Waals surface area contributed by atoms with Crippen LogP contribution in [0.15, 0.2) is 0 Å². The van der Waals surface area contributed by atoms with Crippen molar-refractivity contribution in [2.45, 2.75) is 38.1 Å². The second-order valence-electron chi connectivity index (χ2n) is 4.55. The third-order valence-corrected chi connectivity index (χ3v) is 3.07. The second kappa shape index (κ2) is 6.83. The summed E-state index contributed by atoms with van der Waals surface area (Å²) in [7, 11) is 0. The molecule has 0 bridgehead atoms. The molecule has 18 heavy (non-hydrogen) atoms. The van der Waals surface area contributed by atoms with Gasteiger partial charge in [-0.2, -0.15) is 0 Å². The molecule has 102 valence electrons. The molecular formula is C11H19N3O4. The number of carbonyl (C=O) groups is 3. The maximum atomic E-state index is 11.4. The van der Waals surface area contributed by atoms with Crippen molar-refractivity contribution in [2.75, 3.05) is 6.54 Å². The Morgan fingerprint density at radius 1 is 1.33 bits per heavy atom. The number of carboxylic acid groups (broad SMARTS) is 1. The van der Waals surface area contributed by atoms with Crippen molar-refractivity contribution < 1.29 is 19.5 Å². The van der Waals surface area contributed by atoms with Gasteiger partial charge in [-0.3, -0.25) is 4.79 Å². The SMILES string of the molecule is NC(=O)C[C@@H](NC(=O)NCCC1CCC1)C(=O)O. The highest BCUT2D eigenvalue weighted by Gasteiger charge is 2.22. The van der Waals surface area contributed by atoms with Crippen LogP contribution in [0.2, 0.25) is 0 Å². The lowest BCUT2D eigenvalue weighted by atomic mass is 9.83. The molecule has 5 N–H and O–H groups in total. The number of primary amides is 1. The van der Waals surface area contributed by atoms with Crippen LogP contribution in [0.1, 0.15) is 32.1 Å². The van der Waals surface area contributed by atoms with Crippen LogP contribution in [0.4, 0.5) is 4.79 Å². The number of hydrogen-bond acceptors (Lipinski definition) is 3. The molecule has 7 heteroatoms. The summed E-state index contributed by atoms with van der Waals surface area (Å²) in [5, 5.41) is 13.6. The van der Waals surface area contributed by atoms with Gasteiger partial charge in [0.25, 0.3) is 0 Å². The van der Waals surface area contributed by atoms with Gasteiger partial charge in [0.05, 0.1) is 6.42 Å². The van der Waals surface area contributed by atoms with Crippen molar-refractivity contribution in [1.29, 1.82) is 0 Å². The van der Waals surface area contributed by atoms with Crippen LogP contribution < -0.4 is 16.4 Å². The fraction of sp³-hybridized carbons (Fsp3) is 0.727. The summed E-state index contributed by atoms with van der Waals surface area (Å²) in [6.07, 6.45) is 4.13. The van der Waals surface area contributed by atoms with Gasteiger partial charge in [-0.25, -0.2) is 9.59 Å². The lowest BCUT2D eigenvalue weighted by molar-refractivity contribution is -0.140. The minimum absolute atomic E-state index is 0.411. The van der Waals surface area contributed by atoms with Crippen LogP contribution in [-0.2, 0) is 9.59 Å². The fourth-order valence-corrected chi connectivity index (χ4v) is 1.78. The van der Waals surface area contributed by atoms with Crippen molar-refractivity contribution in [1.82, 2.24) is 10.6 Å². The normalized spacial score (nSPS) is 16.4. The molecule has 0 aromatic heterocycles. The number of nitrogens with one attached hydrogen (secondary N) is 2. The Labute approximate surface area is 105 Å². The van der Waals surface area contributed by atoms with Crippen LogP contribution in [-0.4, -0.2) is 35.6 Å². The topological polar surface area (TPSA) is 122 Å². The molecule has 0 radical (unpaired) electrons. The maximum Gasteiger partial charge on any atom is 0.326 e. The largest absolute Gasteiger partial charge is 0.480 e. The fourth-order valence-electron chi connectivity index (χ4n) is 1.78. The van der Waals surface area contributed by atoms with Crippen molar-refractivity contribution in [2.24, 2.45) is 11.7 Å². The lowest BCUT2D eigenvalue weighted by Crippen LogP contribution is -2.48. The zero-order valence-corrected chi connectivity index (χ0v) is 10.1. The van der Waals surface area contributed by atoms with Crippen molar-refractivity contribution in [3.63, 3.8) is 0 Å². The summed E-state index contributed by atoms with van der Waals surface area (Å²) in [5.74, 6) is -1.37. The molecule has 1 fully saturated rings. The molecule has 0 aliphatic heterocycles. The molecular weight excluding hydrogens is 238 g/mol. The van der Waals surface area contributed by atoms with E-state index in [4.69, 9.17) is 10.8 Å². The van der Waals surface area contributed by atoms with Gasteiger partial charge in [-0.15, -0.1) is 0 Å². The molecule has 1 saturated carbocycles. The molecule has 0 aromatic carbocycles. The summed E-state index contributed by atoms with van der Waals surface area (Å²) in [6, 6.07) is -1.85. The van der Waals surface area contributed by atoms with Crippen molar-refractivity contribution in [3.05, 3.63) is 0 Å². The molecule has 1 aliphatic carbocycles. The molecule has 0 aromatic rings. The van der Waals surface area contributed by atoms with Crippen LogP contribution in [0.25, 0.3) is 0 Å². The highest BCUT2D eigenvalue weighted by Crippen LogP contribution is 2.28. The van der Waals surface area contributed by atoms with Gasteiger partial charge in [0.15, 0.2) is 0 Å². The Bertz CT molecular complexity index is 328. The minimum atomic E-state index is -1.28. The highest BCUT2D eigenvalue weighted by atomic mass is 16.4. The Morgan fingerprint density at radius 2 is 2.00 bits per heavy atom. The van der Waals surface area contributed by atoms with E-state index in [0.717, 1.165) is 6.42 Å². The van der Waals surface area contributed by atoms with Gasteiger partial charge < -0.3 is 21.5 Å². The monoisotopic (exact) mass is 257 g/mol. The van der Waals surface area contributed by atoms with Gasteiger partial charge in [-0.05, 0) is 12.3 Å². The number of nitrogens with two attached hydrogens (primary N) is 1. The van der Waals surface area contributed by atoms with E-state index in [9.17, 15) is 14.4 Å². The quantitative estimate of drug-likeness (QED) is 0.504. The first-order valence-electron chi connectivity index (χ1n) is 6.04. The number of hydrogen-bond donors (Lipinski definition) is 4. The van der Waals surface area contributed by atoms with Gasteiger partial charge in [0.2, 0.25) is 5.91 Å². The molecule has 1 atom stereocenters. The first kappa shape index (κ1) is 14.3. The van der Waals surface area contributed by atoms with E-state index in [2.05, 4.69) is 10.6 Å².